The highest BCUT2D eigenvalue weighted by Crippen LogP contribution is 2.42. The van der Waals surface area contributed by atoms with Crippen LogP contribution in [0.25, 0.3) is 31.7 Å². The molecule has 0 unspecified atom stereocenters. The van der Waals surface area contributed by atoms with Gasteiger partial charge >= 0.3 is 0 Å². The van der Waals surface area contributed by atoms with E-state index >= 15 is 0 Å². The third kappa shape index (κ3) is 2.51. The molecule has 0 saturated heterocycles. The van der Waals surface area contributed by atoms with E-state index in [-0.39, 0.29) is 0 Å². The van der Waals surface area contributed by atoms with Crippen molar-refractivity contribution in [3.05, 3.63) is 78.9 Å². The molecule has 0 atom stereocenters. The van der Waals surface area contributed by atoms with Crippen LogP contribution in [0.1, 0.15) is 0 Å². The van der Waals surface area contributed by atoms with Crippen molar-refractivity contribution in [2.75, 3.05) is 12.4 Å². The molecule has 0 bridgehead atoms. The molecule has 112 valence electrons. The van der Waals surface area contributed by atoms with Gasteiger partial charge in [0.05, 0.1) is 0 Å². The maximum absolute atomic E-state index is 3.34. The van der Waals surface area contributed by atoms with Crippen molar-refractivity contribution in [3.63, 3.8) is 0 Å². The third-order valence-electron chi connectivity index (χ3n) is 4.09. The fourth-order valence-electron chi connectivity index (χ4n) is 2.98. The molecule has 23 heavy (non-hydrogen) atoms. The van der Waals surface area contributed by atoms with Crippen molar-refractivity contribution in [3.8, 4) is 21.6 Å². The predicted molar refractivity (Wildman–Crippen MR) is 102 cm³/mol. The van der Waals surface area contributed by atoms with Crippen LogP contribution in [0.15, 0.2) is 78.9 Å². The average Bonchev–Trinajstić information content (AvgIpc) is 3.06. The van der Waals surface area contributed by atoms with E-state index in [1.165, 1.54) is 37.3 Å². The van der Waals surface area contributed by atoms with Gasteiger partial charge in [-0.15, -0.1) is 11.3 Å². The number of hydrogen-bond acceptors (Lipinski definition) is 2. The molecule has 0 aliphatic heterocycles. The number of fused-ring (bicyclic) bond motifs is 1. The van der Waals surface area contributed by atoms with Gasteiger partial charge in [0.15, 0.2) is 0 Å². The zero-order chi connectivity index (χ0) is 15.6. The first kappa shape index (κ1) is 14.0. The molecule has 3 aromatic carbocycles. The largest absolute Gasteiger partial charge is 0.388 e. The normalized spacial score (nSPS) is 10.8. The number of rotatable bonds is 3. The van der Waals surface area contributed by atoms with Crippen molar-refractivity contribution >= 4 is 27.1 Å². The molecule has 0 amide bonds. The van der Waals surface area contributed by atoms with Crippen molar-refractivity contribution < 1.29 is 0 Å². The van der Waals surface area contributed by atoms with E-state index in [2.05, 4.69) is 84.2 Å². The van der Waals surface area contributed by atoms with Gasteiger partial charge in [0.1, 0.15) is 0 Å². The van der Waals surface area contributed by atoms with Gasteiger partial charge in [-0.05, 0) is 29.3 Å². The highest BCUT2D eigenvalue weighted by atomic mass is 32.1. The lowest BCUT2D eigenvalue weighted by atomic mass is 9.99. The van der Waals surface area contributed by atoms with Crippen LogP contribution in [0.5, 0.6) is 0 Å². The highest BCUT2D eigenvalue weighted by molar-refractivity contribution is 7.22. The molecule has 4 aromatic rings. The summed E-state index contributed by atoms with van der Waals surface area (Å²) < 4.78 is 1.32. The Hall–Kier alpha value is -2.58. The Balaban J connectivity index is 1.98. The van der Waals surface area contributed by atoms with E-state index in [4.69, 9.17) is 0 Å². The van der Waals surface area contributed by atoms with E-state index in [0.29, 0.717) is 0 Å². The van der Waals surface area contributed by atoms with Gasteiger partial charge in [0.2, 0.25) is 0 Å². The van der Waals surface area contributed by atoms with Crippen molar-refractivity contribution in [2.45, 2.75) is 0 Å². The smallest absolute Gasteiger partial charge is 0.0424 e. The minimum absolute atomic E-state index is 1.17. The lowest BCUT2D eigenvalue weighted by Crippen LogP contribution is -1.91. The summed E-state index contributed by atoms with van der Waals surface area (Å²) in [5.41, 5.74) is 4.98. The van der Waals surface area contributed by atoms with E-state index in [0.717, 1.165) is 0 Å². The van der Waals surface area contributed by atoms with Gasteiger partial charge < -0.3 is 5.32 Å². The second-order valence-electron chi connectivity index (χ2n) is 5.49. The number of thiophene rings is 1. The maximum Gasteiger partial charge on any atom is 0.0424 e. The molecular formula is C21H17NS. The second kappa shape index (κ2) is 5.90. The van der Waals surface area contributed by atoms with Crippen LogP contribution in [0.4, 0.5) is 5.69 Å². The molecule has 1 nitrogen and oxygen atoms in total. The van der Waals surface area contributed by atoms with Gasteiger partial charge in [-0.25, -0.2) is 0 Å². The van der Waals surface area contributed by atoms with Gasteiger partial charge in [-0.2, -0.15) is 0 Å². The van der Waals surface area contributed by atoms with E-state index in [9.17, 15) is 0 Å². The molecule has 2 heteroatoms. The summed E-state index contributed by atoms with van der Waals surface area (Å²) in [5.74, 6) is 0. The molecule has 0 saturated carbocycles. The van der Waals surface area contributed by atoms with Crippen LogP contribution < -0.4 is 5.32 Å². The first-order valence-corrected chi connectivity index (χ1v) is 8.53. The summed E-state index contributed by atoms with van der Waals surface area (Å²) in [7, 11) is 1.98. The van der Waals surface area contributed by atoms with Crippen molar-refractivity contribution in [1.82, 2.24) is 0 Å². The first-order valence-electron chi connectivity index (χ1n) is 7.72. The van der Waals surface area contributed by atoms with Gasteiger partial charge in [-0.1, -0.05) is 60.7 Å². The maximum atomic E-state index is 3.34. The van der Waals surface area contributed by atoms with Crippen LogP contribution in [0.3, 0.4) is 0 Å². The Morgan fingerprint density at radius 2 is 1.39 bits per heavy atom. The fourth-order valence-corrected chi connectivity index (χ4v) is 4.06. The Morgan fingerprint density at radius 3 is 2.04 bits per heavy atom. The van der Waals surface area contributed by atoms with Crippen LogP contribution in [0.2, 0.25) is 0 Å². The van der Waals surface area contributed by atoms with E-state index < -0.39 is 0 Å². The number of nitrogens with one attached hydrogen (secondary N) is 1. The standard InChI is InChI=1S/C21H17NS/c1-22-18-12-13-19-17(21(18)16-10-6-3-7-11-16)14-20(23-19)15-8-4-2-5-9-15/h2-14,22H,1H3. The molecule has 1 N–H and O–H groups in total. The summed E-state index contributed by atoms with van der Waals surface area (Å²) in [5, 5.41) is 4.65. The summed E-state index contributed by atoms with van der Waals surface area (Å²) in [6, 6.07) is 27.9. The first-order chi connectivity index (χ1) is 11.4. The van der Waals surface area contributed by atoms with Gasteiger partial charge in [-0.3, -0.25) is 0 Å². The zero-order valence-corrected chi connectivity index (χ0v) is 13.7. The lowest BCUT2D eigenvalue weighted by Gasteiger charge is -2.10. The summed E-state index contributed by atoms with van der Waals surface area (Å²) in [6.45, 7) is 0. The fraction of sp³-hybridized carbons (Fsp3) is 0.0476. The molecule has 0 spiro atoms. The monoisotopic (exact) mass is 315 g/mol. The highest BCUT2D eigenvalue weighted by Gasteiger charge is 2.12. The number of hydrogen-bond donors (Lipinski definition) is 1. The second-order valence-corrected chi connectivity index (χ2v) is 6.58. The predicted octanol–water partition coefficient (Wildman–Crippen LogP) is 6.28. The van der Waals surface area contributed by atoms with Crippen molar-refractivity contribution in [2.24, 2.45) is 0 Å². The summed E-state index contributed by atoms with van der Waals surface area (Å²) in [4.78, 5) is 1.31. The molecule has 0 aliphatic rings. The summed E-state index contributed by atoms with van der Waals surface area (Å²) >= 11 is 1.85. The topological polar surface area (TPSA) is 12.0 Å². The van der Waals surface area contributed by atoms with Gasteiger partial charge in [0.25, 0.3) is 0 Å². The molecule has 0 aliphatic carbocycles. The van der Waals surface area contributed by atoms with Crippen LogP contribution >= 0.6 is 11.3 Å². The zero-order valence-electron chi connectivity index (χ0n) is 12.9. The van der Waals surface area contributed by atoms with E-state index in [1.54, 1.807) is 0 Å². The van der Waals surface area contributed by atoms with Crippen LogP contribution in [-0.4, -0.2) is 7.05 Å². The Bertz CT molecular complexity index is 940. The third-order valence-corrected chi connectivity index (χ3v) is 5.24. The quantitative estimate of drug-likeness (QED) is 0.469. The number of anilines is 1. The lowest BCUT2D eigenvalue weighted by molar-refractivity contribution is 1.52. The Kier molecular flexibility index (Phi) is 3.60. The minimum Gasteiger partial charge on any atom is -0.388 e. The Morgan fingerprint density at radius 1 is 0.739 bits per heavy atom. The summed E-state index contributed by atoms with van der Waals surface area (Å²) in [6.07, 6.45) is 0. The molecule has 4 rings (SSSR count). The van der Waals surface area contributed by atoms with Gasteiger partial charge in [0, 0.05) is 33.3 Å². The van der Waals surface area contributed by atoms with E-state index in [1.807, 2.05) is 18.4 Å². The molecule has 0 fully saturated rings. The number of benzene rings is 3. The SMILES string of the molecule is CNc1ccc2sc(-c3ccccc3)cc2c1-c1ccccc1. The molecular weight excluding hydrogens is 298 g/mol. The molecule has 1 aromatic heterocycles. The average molecular weight is 315 g/mol. The minimum atomic E-state index is 1.17. The Labute approximate surface area is 140 Å². The molecule has 1 heterocycles. The van der Waals surface area contributed by atoms with Crippen LogP contribution in [-0.2, 0) is 0 Å². The van der Waals surface area contributed by atoms with Crippen LogP contribution in [0, 0.1) is 0 Å². The van der Waals surface area contributed by atoms with Crippen molar-refractivity contribution in [1.29, 1.82) is 0 Å². The molecule has 0 radical (unpaired) electrons.